The molecule has 4 heteroatoms. The third kappa shape index (κ3) is 4.84. The number of carbonyl (C=O) groups excluding carboxylic acids is 1. The standard InChI is InChI=1S/C20H24BrNO2/c1-13-6-9-18(14(2)10-13)24-12-19(23)22-17-8-7-15(11-16(17)21)20(3,4)5/h6-11H,12H2,1-5H3,(H,22,23). The highest BCUT2D eigenvalue weighted by Gasteiger charge is 2.15. The number of anilines is 1. The summed E-state index contributed by atoms with van der Waals surface area (Å²) in [5.41, 5.74) is 4.22. The number of halogens is 1. The summed E-state index contributed by atoms with van der Waals surface area (Å²) < 4.78 is 6.49. The maximum absolute atomic E-state index is 12.1. The number of ether oxygens (including phenoxy) is 1. The van der Waals surface area contributed by atoms with Gasteiger partial charge >= 0.3 is 0 Å². The number of hydrogen-bond donors (Lipinski definition) is 1. The number of benzene rings is 2. The number of hydrogen-bond acceptors (Lipinski definition) is 2. The van der Waals surface area contributed by atoms with Crippen molar-refractivity contribution in [1.82, 2.24) is 0 Å². The fraction of sp³-hybridized carbons (Fsp3) is 0.350. The van der Waals surface area contributed by atoms with E-state index in [1.165, 1.54) is 11.1 Å². The second-order valence-corrected chi connectivity index (χ2v) is 7.90. The van der Waals surface area contributed by atoms with Gasteiger partial charge in [0.15, 0.2) is 6.61 Å². The summed E-state index contributed by atoms with van der Waals surface area (Å²) in [6.07, 6.45) is 0. The van der Waals surface area contributed by atoms with Crippen LogP contribution in [0, 0.1) is 13.8 Å². The zero-order valence-electron chi connectivity index (χ0n) is 14.9. The molecule has 2 aromatic carbocycles. The lowest BCUT2D eigenvalue weighted by molar-refractivity contribution is -0.118. The molecule has 0 heterocycles. The van der Waals surface area contributed by atoms with Gasteiger partial charge in [0.1, 0.15) is 5.75 Å². The monoisotopic (exact) mass is 389 g/mol. The summed E-state index contributed by atoms with van der Waals surface area (Å²) >= 11 is 3.53. The average molecular weight is 390 g/mol. The molecule has 0 spiro atoms. The van der Waals surface area contributed by atoms with Crippen LogP contribution in [0.25, 0.3) is 0 Å². The van der Waals surface area contributed by atoms with Crippen LogP contribution in [0.4, 0.5) is 5.69 Å². The smallest absolute Gasteiger partial charge is 0.262 e. The molecule has 2 aromatic rings. The van der Waals surface area contributed by atoms with Crippen molar-refractivity contribution in [3.63, 3.8) is 0 Å². The maximum atomic E-state index is 12.1. The van der Waals surface area contributed by atoms with Crippen molar-refractivity contribution >= 4 is 27.5 Å². The third-order valence-electron chi connectivity index (χ3n) is 3.80. The lowest BCUT2D eigenvalue weighted by Crippen LogP contribution is -2.21. The topological polar surface area (TPSA) is 38.3 Å². The molecule has 0 aliphatic heterocycles. The molecule has 0 atom stereocenters. The summed E-state index contributed by atoms with van der Waals surface area (Å²) in [6, 6.07) is 11.9. The maximum Gasteiger partial charge on any atom is 0.262 e. The number of rotatable bonds is 4. The Bertz CT molecular complexity index is 748. The minimum Gasteiger partial charge on any atom is -0.483 e. The van der Waals surface area contributed by atoms with E-state index in [1.54, 1.807) is 0 Å². The molecule has 128 valence electrons. The van der Waals surface area contributed by atoms with Crippen LogP contribution >= 0.6 is 15.9 Å². The SMILES string of the molecule is Cc1ccc(OCC(=O)Nc2ccc(C(C)(C)C)cc2Br)c(C)c1. The van der Waals surface area contributed by atoms with Gasteiger partial charge in [0.2, 0.25) is 0 Å². The molecule has 0 aliphatic carbocycles. The molecule has 24 heavy (non-hydrogen) atoms. The van der Waals surface area contributed by atoms with Gasteiger partial charge in [-0.05, 0) is 64.5 Å². The summed E-state index contributed by atoms with van der Waals surface area (Å²) in [4.78, 5) is 12.1. The first-order chi connectivity index (χ1) is 11.2. The van der Waals surface area contributed by atoms with E-state index < -0.39 is 0 Å². The molecule has 0 saturated heterocycles. The van der Waals surface area contributed by atoms with Crippen LogP contribution in [0.15, 0.2) is 40.9 Å². The highest BCUT2D eigenvalue weighted by molar-refractivity contribution is 9.10. The lowest BCUT2D eigenvalue weighted by Gasteiger charge is -2.20. The van der Waals surface area contributed by atoms with Gasteiger partial charge in [-0.3, -0.25) is 4.79 Å². The second-order valence-electron chi connectivity index (χ2n) is 7.05. The van der Waals surface area contributed by atoms with Crippen LogP contribution in [0.2, 0.25) is 0 Å². The highest BCUT2D eigenvalue weighted by Crippen LogP contribution is 2.30. The Morgan fingerprint density at radius 1 is 1.12 bits per heavy atom. The molecular formula is C20H24BrNO2. The van der Waals surface area contributed by atoms with Gasteiger partial charge in [0.25, 0.3) is 5.91 Å². The van der Waals surface area contributed by atoms with Crippen LogP contribution < -0.4 is 10.1 Å². The van der Waals surface area contributed by atoms with Gasteiger partial charge in [0, 0.05) is 4.47 Å². The summed E-state index contributed by atoms with van der Waals surface area (Å²) in [7, 11) is 0. The predicted molar refractivity (Wildman–Crippen MR) is 103 cm³/mol. The first-order valence-electron chi connectivity index (χ1n) is 7.97. The van der Waals surface area contributed by atoms with Crippen LogP contribution in [-0.4, -0.2) is 12.5 Å². The minimum atomic E-state index is -0.181. The van der Waals surface area contributed by atoms with E-state index in [2.05, 4.69) is 42.0 Å². The van der Waals surface area contributed by atoms with Crippen molar-refractivity contribution in [1.29, 1.82) is 0 Å². The Hall–Kier alpha value is -1.81. The normalized spacial score (nSPS) is 11.2. The first-order valence-corrected chi connectivity index (χ1v) is 8.76. The molecule has 1 amide bonds. The molecule has 0 radical (unpaired) electrons. The van der Waals surface area contributed by atoms with E-state index >= 15 is 0 Å². The largest absolute Gasteiger partial charge is 0.483 e. The van der Waals surface area contributed by atoms with Crippen molar-refractivity contribution < 1.29 is 9.53 Å². The average Bonchev–Trinajstić information content (AvgIpc) is 2.47. The highest BCUT2D eigenvalue weighted by atomic mass is 79.9. The Morgan fingerprint density at radius 3 is 2.42 bits per heavy atom. The number of aryl methyl sites for hydroxylation is 2. The van der Waals surface area contributed by atoms with Crippen molar-refractivity contribution in [3.8, 4) is 5.75 Å². The summed E-state index contributed by atoms with van der Waals surface area (Å²) in [6.45, 7) is 10.5. The molecule has 0 fully saturated rings. The summed E-state index contributed by atoms with van der Waals surface area (Å²) in [5, 5.41) is 2.88. The van der Waals surface area contributed by atoms with Gasteiger partial charge in [-0.2, -0.15) is 0 Å². The van der Waals surface area contributed by atoms with Gasteiger partial charge in [-0.15, -0.1) is 0 Å². The fourth-order valence-electron chi connectivity index (χ4n) is 2.37. The summed E-state index contributed by atoms with van der Waals surface area (Å²) in [5.74, 6) is 0.553. The zero-order chi connectivity index (χ0) is 17.9. The van der Waals surface area contributed by atoms with E-state index in [4.69, 9.17) is 4.74 Å². The van der Waals surface area contributed by atoms with E-state index in [0.717, 1.165) is 21.5 Å². The molecule has 0 unspecified atom stereocenters. The number of carbonyl (C=O) groups is 1. The molecule has 0 bridgehead atoms. The fourth-order valence-corrected chi connectivity index (χ4v) is 2.85. The third-order valence-corrected chi connectivity index (χ3v) is 4.45. The van der Waals surface area contributed by atoms with Gasteiger partial charge in [0.05, 0.1) is 5.69 Å². The van der Waals surface area contributed by atoms with Crippen LogP contribution in [0.3, 0.4) is 0 Å². The molecule has 1 N–H and O–H groups in total. The van der Waals surface area contributed by atoms with Gasteiger partial charge in [-0.1, -0.05) is 44.5 Å². The van der Waals surface area contributed by atoms with Gasteiger partial charge < -0.3 is 10.1 Å². The Kier molecular flexibility index (Phi) is 5.70. The molecular weight excluding hydrogens is 366 g/mol. The first kappa shape index (κ1) is 18.5. The molecule has 0 aromatic heterocycles. The van der Waals surface area contributed by atoms with E-state index in [9.17, 15) is 4.79 Å². The van der Waals surface area contributed by atoms with Crippen molar-refractivity contribution in [2.75, 3.05) is 11.9 Å². The van der Waals surface area contributed by atoms with Crippen molar-refractivity contribution in [2.24, 2.45) is 0 Å². The van der Waals surface area contributed by atoms with Crippen LogP contribution in [0.1, 0.15) is 37.5 Å². The van der Waals surface area contributed by atoms with Gasteiger partial charge in [-0.25, -0.2) is 0 Å². The molecule has 0 aliphatic rings. The molecule has 0 saturated carbocycles. The predicted octanol–water partition coefficient (Wildman–Crippen LogP) is 5.38. The second kappa shape index (κ2) is 7.39. The minimum absolute atomic E-state index is 0.0165. The molecule has 2 rings (SSSR count). The quantitative estimate of drug-likeness (QED) is 0.761. The van der Waals surface area contributed by atoms with Crippen LogP contribution in [-0.2, 0) is 10.2 Å². The number of nitrogens with one attached hydrogen (secondary N) is 1. The van der Waals surface area contributed by atoms with Crippen molar-refractivity contribution in [3.05, 3.63) is 57.6 Å². The van der Waals surface area contributed by atoms with Crippen LogP contribution in [0.5, 0.6) is 5.75 Å². The van der Waals surface area contributed by atoms with Crippen molar-refractivity contribution in [2.45, 2.75) is 40.0 Å². The number of amides is 1. The molecule has 3 nitrogen and oxygen atoms in total. The van der Waals surface area contributed by atoms with E-state index in [-0.39, 0.29) is 17.9 Å². The Morgan fingerprint density at radius 2 is 1.83 bits per heavy atom. The zero-order valence-corrected chi connectivity index (χ0v) is 16.5. The lowest BCUT2D eigenvalue weighted by atomic mass is 9.87. The Labute approximate surface area is 152 Å². The van der Waals surface area contributed by atoms with E-state index in [1.807, 2.05) is 50.2 Å². The Balaban J connectivity index is 2.00. The van der Waals surface area contributed by atoms with E-state index in [0.29, 0.717) is 0 Å².